The van der Waals surface area contributed by atoms with Crippen LogP contribution >= 0.6 is 27.5 Å². The van der Waals surface area contributed by atoms with E-state index in [9.17, 15) is 0 Å². The van der Waals surface area contributed by atoms with Gasteiger partial charge in [0.25, 0.3) is 0 Å². The smallest absolute Gasteiger partial charge is 0.123 e. The van der Waals surface area contributed by atoms with Crippen LogP contribution in [0.15, 0.2) is 22.7 Å². The molecule has 1 unspecified atom stereocenters. The SMILES string of the molecule is COc1ccc(Br)cc1CNCC(C)Cl. The van der Waals surface area contributed by atoms with E-state index in [1.165, 1.54) is 0 Å². The summed E-state index contributed by atoms with van der Waals surface area (Å²) >= 11 is 9.28. The van der Waals surface area contributed by atoms with Crippen LogP contribution in [0.25, 0.3) is 0 Å². The summed E-state index contributed by atoms with van der Waals surface area (Å²) in [6.45, 7) is 3.52. The summed E-state index contributed by atoms with van der Waals surface area (Å²) in [5.41, 5.74) is 1.13. The molecule has 1 aromatic rings. The predicted molar refractivity (Wildman–Crippen MR) is 67.7 cm³/mol. The van der Waals surface area contributed by atoms with Crippen LogP contribution in [0.2, 0.25) is 0 Å². The first-order valence-corrected chi connectivity index (χ1v) is 6.03. The summed E-state index contributed by atoms with van der Waals surface area (Å²) in [5, 5.41) is 3.41. The summed E-state index contributed by atoms with van der Waals surface area (Å²) in [6.07, 6.45) is 0. The molecule has 0 amide bonds. The third kappa shape index (κ3) is 4.41. The second kappa shape index (κ2) is 6.36. The standard InChI is InChI=1S/C11H15BrClNO/c1-8(13)6-14-7-9-5-10(12)3-4-11(9)15-2/h3-5,8,14H,6-7H2,1-2H3. The van der Waals surface area contributed by atoms with Gasteiger partial charge in [0.2, 0.25) is 0 Å². The number of hydrogen-bond donors (Lipinski definition) is 1. The van der Waals surface area contributed by atoms with Crippen molar-refractivity contribution >= 4 is 27.5 Å². The molecule has 1 atom stereocenters. The molecule has 1 N–H and O–H groups in total. The minimum atomic E-state index is 0.142. The lowest BCUT2D eigenvalue weighted by Crippen LogP contribution is -2.21. The van der Waals surface area contributed by atoms with Crippen molar-refractivity contribution in [1.82, 2.24) is 5.32 Å². The van der Waals surface area contributed by atoms with Crippen molar-refractivity contribution in [1.29, 1.82) is 0 Å². The van der Waals surface area contributed by atoms with Gasteiger partial charge in [-0.05, 0) is 25.1 Å². The maximum atomic E-state index is 5.85. The molecule has 0 saturated carbocycles. The molecule has 0 aliphatic heterocycles. The fourth-order valence-electron chi connectivity index (χ4n) is 1.29. The van der Waals surface area contributed by atoms with Crippen molar-refractivity contribution in [2.45, 2.75) is 18.8 Å². The Hall–Kier alpha value is -0.250. The molecule has 4 heteroatoms. The van der Waals surface area contributed by atoms with Crippen LogP contribution in [0.4, 0.5) is 0 Å². The largest absolute Gasteiger partial charge is 0.496 e. The number of nitrogens with one attached hydrogen (secondary N) is 1. The summed E-state index contributed by atoms with van der Waals surface area (Å²) in [6, 6.07) is 5.96. The number of ether oxygens (including phenoxy) is 1. The first kappa shape index (κ1) is 12.8. The lowest BCUT2D eigenvalue weighted by atomic mass is 10.2. The second-order valence-electron chi connectivity index (χ2n) is 3.37. The molecule has 0 saturated heterocycles. The highest BCUT2D eigenvalue weighted by Crippen LogP contribution is 2.22. The van der Waals surface area contributed by atoms with Crippen LogP contribution in [-0.4, -0.2) is 19.0 Å². The number of methoxy groups -OCH3 is 1. The molecule has 0 fully saturated rings. The Morgan fingerprint density at radius 3 is 2.87 bits per heavy atom. The third-order valence-electron chi connectivity index (χ3n) is 1.98. The lowest BCUT2D eigenvalue weighted by molar-refractivity contribution is 0.407. The fraction of sp³-hybridized carbons (Fsp3) is 0.455. The van der Waals surface area contributed by atoms with Gasteiger partial charge in [0.15, 0.2) is 0 Å². The molecule has 1 rings (SSSR count). The molecule has 0 bridgehead atoms. The number of benzene rings is 1. The van der Waals surface area contributed by atoms with Crippen LogP contribution in [-0.2, 0) is 6.54 Å². The van der Waals surface area contributed by atoms with Crippen LogP contribution in [0.1, 0.15) is 12.5 Å². The van der Waals surface area contributed by atoms with Gasteiger partial charge in [-0.2, -0.15) is 0 Å². The van der Waals surface area contributed by atoms with Crippen LogP contribution in [0, 0.1) is 0 Å². The highest BCUT2D eigenvalue weighted by Gasteiger charge is 2.03. The molecule has 15 heavy (non-hydrogen) atoms. The van der Waals surface area contributed by atoms with Gasteiger partial charge in [0.05, 0.1) is 7.11 Å². The van der Waals surface area contributed by atoms with Crippen molar-refractivity contribution < 1.29 is 4.74 Å². The average Bonchev–Trinajstić information content (AvgIpc) is 2.17. The summed E-state index contributed by atoms with van der Waals surface area (Å²) in [7, 11) is 1.68. The van der Waals surface area contributed by atoms with E-state index in [1.807, 2.05) is 25.1 Å². The lowest BCUT2D eigenvalue weighted by Gasteiger charge is -2.10. The molecule has 1 aromatic carbocycles. The zero-order valence-corrected chi connectivity index (χ0v) is 11.2. The quantitative estimate of drug-likeness (QED) is 0.842. The van der Waals surface area contributed by atoms with Gasteiger partial charge in [0.1, 0.15) is 5.75 Å². The first-order valence-electron chi connectivity index (χ1n) is 4.80. The zero-order chi connectivity index (χ0) is 11.3. The molecule has 84 valence electrons. The summed E-state index contributed by atoms with van der Waals surface area (Å²) in [5.74, 6) is 0.896. The van der Waals surface area contributed by atoms with Gasteiger partial charge in [0, 0.05) is 28.5 Å². The monoisotopic (exact) mass is 291 g/mol. The molecule has 0 aliphatic carbocycles. The van der Waals surface area contributed by atoms with Gasteiger partial charge in [-0.25, -0.2) is 0 Å². The van der Waals surface area contributed by atoms with E-state index in [4.69, 9.17) is 16.3 Å². The van der Waals surface area contributed by atoms with Crippen LogP contribution in [0.5, 0.6) is 5.75 Å². The van der Waals surface area contributed by atoms with E-state index < -0.39 is 0 Å². The van der Waals surface area contributed by atoms with E-state index >= 15 is 0 Å². The Morgan fingerprint density at radius 1 is 1.53 bits per heavy atom. The average molecular weight is 293 g/mol. The third-order valence-corrected chi connectivity index (χ3v) is 2.63. The molecular formula is C11H15BrClNO. The maximum absolute atomic E-state index is 5.85. The number of hydrogen-bond acceptors (Lipinski definition) is 2. The molecule has 0 spiro atoms. The fourth-order valence-corrected chi connectivity index (χ4v) is 1.81. The van der Waals surface area contributed by atoms with Crippen molar-refractivity contribution in [2.75, 3.05) is 13.7 Å². The Bertz CT molecular complexity index is 317. The van der Waals surface area contributed by atoms with Gasteiger partial charge < -0.3 is 10.1 Å². The van der Waals surface area contributed by atoms with Crippen molar-refractivity contribution in [3.8, 4) is 5.75 Å². The zero-order valence-electron chi connectivity index (χ0n) is 8.89. The molecule has 0 radical (unpaired) electrons. The van der Waals surface area contributed by atoms with E-state index in [2.05, 4.69) is 21.2 Å². The van der Waals surface area contributed by atoms with Crippen LogP contribution in [0.3, 0.4) is 0 Å². The number of alkyl halides is 1. The Labute approximate surface area is 104 Å². The molecule has 2 nitrogen and oxygen atoms in total. The van der Waals surface area contributed by atoms with Crippen molar-refractivity contribution in [2.24, 2.45) is 0 Å². The number of rotatable bonds is 5. The highest BCUT2D eigenvalue weighted by atomic mass is 79.9. The van der Waals surface area contributed by atoms with E-state index in [0.29, 0.717) is 0 Å². The first-order chi connectivity index (χ1) is 7.13. The van der Waals surface area contributed by atoms with Crippen molar-refractivity contribution in [3.05, 3.63) is 28.2 Å². The minimum Gasteiger partial charge on any atom is -0.496 e. The summed E-state index contributed by atoms with van der Waals surface area (Å²) < 4.78 is 6.32. The maximum Gasteiger partial charge on any atom is 0.123 e. The summed E-state index contributed by atoms with van der Waals surface area (Å²) in [4.78, 5) is 0. The van der Waals surface area contributed by atoms with Crippen molar-refractivity contribution in [3.63, 3.8) is 0 Å². The van der Waals surface area contributed by atoms with E-state index in [-0.39, 0.29) is 5.38 Å². The normalized spacial score (nSPS) is 12.5. The molecule has 0 aliphatic rings. The topological polar surface area (TPSA) is 21.3 Å². The highest BCUT2D eigenvalue weighted by molar-refractivity contribution is 9.10. The predicted octanol–water partition coefficient (Wildman–Crippen LogP) is 3.17. The van der Waals surface area contributed by atoms with Gasteiger partial charge in [-0.15, -0.1) is 11.6 Å². The Balaban J connectivity index is 2.62. The van der Waals surface area contributed by atoms with Crippen LogP contribution < -0.4 is 10.1 Å². The van der Waals surface area contributed by atoms with E-state index in [1.54, 1.807) is 7.11 Å². The Morgan fingerprint density at radius 2 is 2.27 bits per heavy atom. The van der Waals surface area contributed by atoms with E-state index in [0.717, 1.165) is 28.9 Å². The number of halogens is 2. The molecular weight excluding hydrogens is 277 g/mol. The van der Waals surface area contributed by atoms with Gasteiger partial charge >= 0.3 is 0 Å². The Kier molecular flexibility index (Phi) is 5.43. The molecule has 0 heterocycles. The second-order valence-corrected chi connectivity index (χ2v) is 5.03. The van der Waals surface area contributed by atoms with Gasteiger partial charge in [-0.3, -0.25) is 0 Å². The van der Waals surface area contributed by atoms with Gasteiger partial charge in [-0.1, -0.05) is 15.9 Å². The minimum absolute atomic E-state index is 0.142. The molecule has 0 aromatic heterocycles.